The van der Waals surface area contributed by atoms with Crippen LogP contribution in [0.25, 0.3) is 0 Å². The molecule has 1 atom stereocenters. The lowest BCUT2D eigenvalue weighted by molar-refractivity contribution is 0.194. The van der Waals surface area contributed by atoms with Gasteiger partial charge in [0.25, 0.3) is 10.2 Å². The van der Waals surface area contributed by atoms with E-state index in [-0.39, 0.29) is 4.83 Å². The van der Waals surface area contributed by atoms with E-state index in [0.717, 1.165) is 25.7 Å². The number of rotatable bonds is 6. The van der Waals surface area contributed by atoms with Gasteiger partial charge in [0.1, 0.15) is 0 Å². The molecular formula is C11H23BrN2O3S. The number of alkyl halides is 1. The first-order chi connectivity index (χ1) is 8.48. The third-order valence-corrected chi connectivity index (χ3v) is 5.60. The molecule has 1 fully saturated rings. The number of halogens is 1. The zero-order valence-corrected chi connectivity index (χ0v) is 13.5. The van der Waals surface area contributed by atoms with Crippen molar-refractivity contribution in [3.63, 3.8) is 0 Å². The summed E-state index contributed by atoms with van der Waals surface area (Å²) in [5.74, 6) is 0. The van der Waals surface area contributed by atoms with Gasteiger partial charge in [0.05, 0.1) is 11.4 Å². The van der Waals surface area contributed by atoms with Gasteiger partial charge in [0.2, 0.25) is 0 Å². The van der Waals surface area contributed by atoms with E-state index in [1.54, 1.807) is 18.5 Å². The minimum absolute atomic E-state index is 0.0225. The van der Waals surface area contributed by atoms with Crippen molar-refractivity contribution in [2.75, 3.05) is 40.4 Å². The van der Waals surface area contributed by atoms with Gasteiger partial charge in [0.15, 0.2) is 0 Å². The molecule has 1 rings (SSSR count). The third-order valence-electron chi connectivity index (χ3n) is 3.09. The molecule has 0 saturated carbocycles. The van der Waals surface area contributed by atoms with Crippen LogP contribution in [0.3, 0.4) is 0 Å². The number of nitrogens with zero attached hydrogens (tertiary/aromatic N) is 2. The molecule has 18 heavy (non-hydrogen) atoms. The molecule has 0 spiro atoms. The van der Waals surface area contributed by atoms with Crippen LogP contribution >= 0.6 is 15.9 Å². The highest BCUT2D eigenvalue weighted by atomic mass is 79.9. The predicted molar refractivity (Wildman–Crippen MR) is 76.2 cm³/mol. The lowest BCUT2D eigenvalue weighted by Crippen LogP contribution is -2.44. The fourth-order valence-corrected chi connectivity index (χ4v) is 4.45. The second-order valence-corrected chi connectivity index (χ2v) is 7.98. The Morgan fingerprint density at radius 3 is 2.33 bits per heavy atom. The quantitative estimate of drug-likeness (QED) is 0.686. The van der Waals surface area contributed by atoms with E-state index >= 15 is 0 Å². The molecule has 108 valence electrons. The average molecular weight is 343 g/mol. The molecule has 1 saturated heterocycles. The predicted octanol–water partition coefficient (Wildman–Crippen LogP) is 1.45. The molecule has 1 unspecified atom stereocenters. The van der Waals surface area contributed by atoms with E-state index in [0.29, 0.717) is 26.2 Å². The van der Waals surface area contributed by atoms with E-state index in [9.17, 15) is 8.42 Å². The SMILES string of the molecule is COCC(Br)CN(C)S(=O)(=O)N1CCCCCC1. The first kappa shape index (κ1) is 16.4. The zero-order valence-electron chi connectivity index (χ0n) is 11.1. The van der Waals surface area contributed by atoms with Gasteiger partial charge in [-0.1, -0.05) is 28.8 Å². The summed E-state index contributed by atoms with van der Waals surface area (Å²) in [6.45, 7) is 2.21. The van der Waals surface area contributed by atoms with E-state index in [1.807, 2.05) is 0 Å². The first-order valence-electron chi connectivity index (χ1n) is 6.33. The van der Waals surface area contributed by atoms with Gasteiger partial charge >= 0.3 is 0 Å². The Hall–Kier alpha value is 0.310. The lowest BCUT2D eigenvalue weighted by atomic mass is 10.2. The average Bonchev–Trinajstić information content (AvgIpc) is 2.57. The maximum absolute atomic E-state index is 12.4. The maximum Gasteiger partial charge on any atom is 0.281 e. The van der Waals surface area contributed by atoms with E-state index in [4.69, 9.17) is 4.74 Å². The molecule has 0 N–H and O–H groups in total. The lowest BCUT2D eigenvalue weighted by Gasteiger charge is -2.27. The monoisotopic (exact) mass is 342 g/mol. The molecular weight excluding hydrogens is 320 g/mol. The molecule has 0 aliphatic carbocycles. The molecule has 0 radical (unpaired) electrons. The molecule has 1 aliphatic heterocycles. The molecule has 0 aromatic carbocycles. The van der Waals surface area contributed by atoms with Gasteiger partial charge < -0.3 is 4.74 Å². The summed E-state index contributed by atoms with van der Waals surface area (Å²) >= 11 is 3.42. The highest BCUT2D eigenvalue weighted by Gasteiger charge is 2.28. The van der Waals surface area contributed by atoms with Crippen molar-refractivity contribution >= 4 is 26.1 Å². The number of hydrogen-bond acceptors (Lipinski definition) is 3. The molecule has 7 heteroatoms. The first-order valence-corrected chi connectivity index (χ1v) is 8.64. The molecule has 0 aromatic rings. The largest absolute Gasteiger partial charge is 0.383 e. The van der Waals surface area contributed by atoms with Crippen molar-refractivity contribution in [3.05, 3.63) is 0 Å². The summed E-state index contributed by atoms with van der Waals surface area (Å²) < 4.78 is 32.8. The van der Waals surface area contributed by atoms with Crippen LogP contribution in [0.15, 0.2) is 0 Å². The maximum atomic E-state index is 12.4. The summed E-state index contributed by atoms with van der Waals surface area (Å²) in [4.78, 5) is 0.0225. The summed E-state index contributed by atoms with van der Waals surface area (Å²) in [5.41, 5.74) is 0. The topological polar surface area (TPSA) is 49.9 Å². The standard InChI is InChI=1S/C11H23BrN2O3S/c1-13(9-11(12)10-17-2)18(15,16)14-7-5-3-4-6-8-14/h11H,3-10H2,1-2H3. The van der Waals surface area contributed by atoms with Crippen molar-refractivity contribution in [1.82, 2.24) is 8.61 Å². The Morgan fingerprint density at radius 1 is 1.28 bits per heavy atom. The normalized spacial score (nSPS) is 20.9. The summed E-state index contributed by atoms with van der Waals surface area (Å²) in [6, 6.07) is 0. The third kappa shape index (κ3) is 4.77. The van der Waals surface area contributed by atoms with Crippen LogP contribution in [-0.4, -0.2) is 62.3 Å². The zero-order chi connectivity index (χ0) is 13.6. The van der Waals surface area contributed by atoms with Crippen LogP contribution in [0, 0.1) is 0 Å². The van der Waals surface area contributed by atoms with Crippen LogP contribution in [0.5, 0.6) is 0 Å². The van der Waals surface area contributed by atoms with Gasteiger partial charge in [-0.05, 0) is 12.8 Å². The smallest absolute Gasteiger partial charge is 0.281 e. The Balaban J connectivity index is 2.60. The molecule has 1 heterocycles. The van der Waals surface area contributed by atoms with Crippen LogP contribution in [0.1, 0.15) is 25.7 Å². The van der Waals surface area contributed by atoms with Crippen LogP contribution < -0.4 is 0 Å². The molecule has 0 bridgehead atoms. The van der Waals surface area contributed by atoms with Gasteiger partial charge in [-0.15, -0.1) is 0 Å². The second kappa shape index (κ2) is 7.79. The highest BCUT2D eigenvalue weighted by Crippen LogP contribution is 2.16. The van der Waals surface area contributed by atoms with E-state index < -0.39 is 10.2 Å². The number of methoxy groups -OCH3 is 1. The van der Waals surface area contributed by atoms with Crippen molar-refractivity contribution < 1.29 is 13.2 Å². The summed E-state index contributed by atoms with van der Waals surface area (Å²) in [6.07, 6.45) is 4.17. The molecule has 0 aromatic heterocycles. The summed E-state index contributed by atoms with van der Waals surface area (Å²) in [5, 5.41) is 0. The minimum Gasteiger partial charge on any atom is -0.383 e. The molecule has 0 amide bonds. The number of hydrogen-bond donors (Lipinski definition) is 0. The Bertz CT molecular complexity index is 329. The molecule has 5 nitrogen and oxygen atoms in total. The van der Waals surface area contributed by atoms with Crippen LogP contribution in [0.4, 0.5) is 0 Å². The van der Waals surface area contributed by atoms with Gasteiger partial charge in [-0.3, -0.25) is 0 Å². The summed E-state index contributed by atoms with van der Waals surface area (Å²) in [7, 11) is -0.0798. The van der Waals surface area contributed by atoms with Gasteiger partial charge in [-0.2, -0.15) is 17.0 Å². The Kier molecular flexibility index (Phi) is 7.08. The van der Waals surface area contributed by atoms with Crippen molar-refractivity contribution in [3.8, 4) is 0 Å². The van der Waals surface area contributed by atoms with Crippen LogP contribution in [0.2, 0.25) is 0 Å². The van der Waals surface area contributed by atoms with Crippen LogP contribution in [-0.2, 0) is 14.9 Å². The van der Waals surface area contributed by atoms with Gasteiger partial charge in [0, 0.05) is 33.8 Å². The fourth-order valence-electron chi connectivity index (χ4n) is 2.08. The molecule has 1 aliphatic rings. The van der Waals surface area contributed by atoms with Crippen molar-refractivity contribution in [2.45, 2.75) is 30.5 Å². The number of ether oxygens (including phenoxy) is 1. The fraction of sp³-hybridized carbons (Fsp3) is 1.00. The highest BCUT2D eigenvalue weighted by molar-refractivity contribution is 9.09. The van der Waals surface area contributed by atoms with Crippen molar-refractivity contribution in [2.24, 2.45) is 0 Å². The van der Waals surface area contributed by atoms with Gasteiger partial charge in [-0.25, -0.2) is 0 Å². The Morgan fingerprint density at radius 2 is 1.83 bits per heavy atom. The second-order valence-electron chi connectivity index (χ2n) is 4.65. The van der Waals surface area contributed by atoms with E-state index in [2.05, 4.69) is 15.9 Å². The van der Waals surface area contributed by atoms with Crippen molar-refractivity contribution in [1.29, 1.82) is 0 Å². The minimum atomic E-state index is -3.32. The Labute approximate surface area is 119 Å². The van der Waals surface area contributed by atoms with E-state index in [1.165, 1.54) is 4.31 Å².